The molecule has 0 aliphatic carbocycles. The van der Waals surface area contributed by atoms with E-state index in [0.29, 0.717) is 6.54 Å². The van der Waals surface area contributed by atoms with E-state index in [1.54, 1.807) is 0 Å². The first-order valence-corrected chi connectivity index (χ1v) is 9.00. The van der Waals surface area contributed by atoms with E-state index in [1.807, 2.05) is 77.0 Å². The highest BCUT2D eigenvalue weighted by molar-refractivity contribution is 5.95. The van der Waals surface area contributed by atoms with Gasteiger partial charge in [0.25, 0.3) is 5.91 Å². The number of fused-ring (bicyclic) bond motifs is 1. The summed E-state index contributed by atoms with van der Waals surface area (Å²) in [5.41, 5.74) is 2.63. The minimum Gasteiger partial charge on any atom is -0.378 e. The molecule has 1 aliphatic rings. The molecule has 0 saturated carbocycles. The Morgan fingerprint density at radius 2 is 2.04 bits per heavy atom. The summed E-state index contributed by atoms with van der Waals surface area (Å²) in [6.07, 6.45) is 3.99. The van der Waals surface area contributed by atoms with Crippen molar-refractivity contribution in [3.8, 4) is 0 Å². The summed E-state index contributed by atoms with van der Waals surface area (Å²) in [5, 5.41) is 8.65. The van der Waals surface area contributed by atoms with E-state index in [2.05, 4.69) is 10.2 Å². The third kappa shape index (κ3) is 3.03. The summed E-state index contributed by atoms with van der Waals surface area (Å²) in [6.45, 7) is 1.47. The summed E-state index contributed by atoms with van der Waals surface area (Å²) in [7, 11) is 3.97. The number of piperidine rings is 1. The topological polar surface area (TPSA) is 53.7 Å². The van der Waals surface area contributed by atoms with Crippen LogP contribution in [0.1, 0.15) is 34.9 Å². The van der Waals surface area contributed by atoms with E-state index in [-0.39, 0.29) is 11.8 Å². The van der Waals surface area contributed by atoms with Crippen LogP contribution in [0.3, 0.4) is 0 Å². The molecule has 1 fully saturated rings. The first-order valence-electron chi connectivity index (χ1n) is 9.00. The Hall–Kier alpha value is -2.89. The molecule has 0 spiro atoms. The Labute approximate surface area is 153 Å². The van der Waals surface area contributed by atoms with Crippen LogP contribution in [0, 0.1) is 0 Å². The minimum atomic E-state index is 0.0900. The molecule has 2 aromatic heterocycles. The Bertz CT molecular complexity index is 933. The van der Waals surface area contributed by atoms with Gasteiger partial charge in [0.1, 0.15) is 5.82 Å². The summed E-state index contributed by atoms with van der Waals surface area (Å²) >= 11 is 0. The lowest BCUT2D eigenvalue weighted by Crippen LogP contribution is -2.39. The number of pyridine rings is 1. The molecule has 1 atom stereocenters. The zero-order chi connectivity index (χ0) is 18.1. The molecule has 1 aromatic carbocycles. The average Bonchev–Trinajstić information content (AvgIpc) is 3.12. The minimum absolute atomic E-state index is 0.0900. The van der Waals surface area contributed by atoms with E-state index < -0.39 is 0 Å². The molecule has 0 N–H and O–H groups in total. The summed E-state index contributed by atoms with van der Waals surface area (Å²) in [5.74, 6) is 1.24. The van der Waals surface area contributed by atoms with Gasteiger partial charge in [0.05, 0.1) is 0 Å². The molecule has 0 radical (unpaired) electrons. The fourth-order valence-electron chi connectivity index (χ4n) is 3.61. The standard InChI is InChI=1S/C20H23N5O/c1-23(2)17-9-5-7-15(13-17)20(26)24-11-6-8-16(14-24)19-22-21-18-10-3-4-12-25(18)19/h3-5,7,9-10,12-13,16H,6,8,11,14H2,1-2H3. The molecule has 3 aromatic rings. The van der Waals surface area contributed by atoms with Gasteiger partial charge in [-0.1, -0.05) is 12.1 Å². The van der Waals surface area contributed by atoms with Crippen LogP contribution >= 0.6 is 0 Å². The maximum absolute atomic E-state index is 13.0. The van der Waals surface area contributed by atoms with E-state index >= 15 is 0 Å². The van der Waals surface area contributed by atoms with Gasteiger partial charge in [0.2, 0.25) is 0 Å². The van der Waals surface area contributed by atoms with Gasteiger partial charge in [-0.2, -0.15) is 0 Å². The van der Waals surface area contributed by atoms with E-state index in [1.165, 1.54) is 0 Å². The smallest absolute Gasteiger partial charge is 0.253 e. The van der Waals surface area contributed by atoms with Gasteiger partial charge in [0.15, 0.2) is 5.65 Å². The van der Waals surface area contributed by atoms with Gasteiger partial charge in [-0.3, -0.25) is 9.20 Å². The van der Waals surface area contributed by atoms with Crippen molar-refractivity contribution in [1.29, 1.82) is 0 Å². The number of rotatable bonds is 3. The first-order chi connectivity index (χ1) is 12.6. The number of benzene rings is 1. The normalized spacial score (nSPS) is 17.5. The Balaban J connectivity index is 1.57. The van der Waals surface area contributed by atoms with Crippen molar-refractivity contribution in [3.63, 3.8) is 0 Å². The Morgan fingerprint density at radius 3 is 2.88 bits per heavy atom. The van der Waals surface area contributed by atoms with E-state index in [0.717, 1.165) is 42.1 Å². The van der Waals surface area contributed by atoms with Crippen LogP contribution in [-0.4, -0.2) is 52.6 Å². The molecule has 26 heavy (non-hydrogen) atoms. The first kappa shape index (κ1) is 16.6. The number of carbonyl (C=O) groups excluding carboxylic acids is 1. The number of hydrogen-bond donors (Lipinski definition) is 0. The van der Waals surface area contributed by atoms with Crippen LogP contribution < -0.4 is 4.90 Å². The molecular weight excluding hydrogens is 326 g/mol. The highest BCUT2D eigenvalue weighted by atomic mass is 16.2. The van der Waals surface area contributed by atoms with Crippen LogP contribution in [0.2, 0.25) is 0 Å². The zero-order valence-electron chi connectivity index (χ0n) is 15.2. The molecule has 134 valence electrons. The quantitative estimate of drug-likeness (QED) is 0.730. The predicted molar refractivity (Wildman–Crippen MR) is 102 cm³/mol. The third-order valence-electron chi connectivity index (χ3n) is 5.02. The maximum atomic E-state index is 13.0. The molecule has 1 unspecified atom stereocenters. The average molecular weight is 349 g/mol. The van der Waals surface area contributed by atoms with Crippen LogP contribution in [-0.2, 0) is 0 Å². The van der Waals surface area contributed by atoms with Gasteiger partial charge in [-0.25, -0.2) is 0 Å². The lowest BCUT2D eigenvalue weighted by molar-refractivity contribution is 0.0704. The number of amides is 1. The van der Waals surface area contributed by atoms with E-state index in [4.69, 9.17) is 0 Å². The molecule has 6 heteroatoms. The third-order valence-corrected chi connectivity index (χ3v) is 5.02. The molecular formula is C20H23N5O. The van der Waals surface area contributed by atoms with Gasteiger partial charge in [-0.05, 0) is 43.2 Å². The number of nitrogens with zero attached hydrogens (tertiary/aromatic N) is 5. The number of aromatic nitrogens is 3. The molecule has 1 aliphatic heterocycles. The van der Waals surface area contributed by atoms with Crippen LogP contribution in [0.5, 0.6) is 0 Å². The molecule has 4 rings (SSSR count). The van der Waals surface area contributed by atoms with Crippen molar-refractivity contribution in [1.82, 2.24) is 19.5 Å². The fourth-order valence-corrected chi connectivity index (χ4v) is 3.61. The molecule has 3 heterocycles. The lowest BCUT2D eigenvalue weighted by atomic mass is 9.96. The number of likely N-dealkylation sites (tertiary alicyclic amines) is 1. The number of carbonyl (C=O) groups is 1. The largest absolute Gasteiger partial charge is 0.378 e. The van der Waals surface area contributed by atoms with Gasteiger partial charge < -0.3 is 9.80 Å². The van der Waals surface area contributed by atoms with Crippen molar-refractivity contribution in [2.75, 3.05) is 32.1 Å². The van der Waals surface area contributed by atoms with E-state index in [9.17, 15) is 4.79 Å². The number of anilines is 1. The molecule has 1 saturated heterocycles. The summed E-state index contributed by atoms with van der Waals surface area (Å²) in [4.78, 5) is 17.0. The maximum Gasteiger partial charge on any atom is 0.253 e. The van der Waals surface area contributed by atoms with Crippen LogP contribution in [0.25, 0.3) is 5.65 Å². The van der Waals surface area contributed by atoms with Gasteiger partial charge in [-0.15, -0.1) is 10.2 Å². The predicted octanol–water partition coefficient (Wildman–Crippen LogP) is 2.82. The molecule has 1 amide bonds. The Kier molecular flexibility index (Phi) is 4.32. The SMILES string of the molecule is CN(C)c1cccc(C(=O)N2CCCC(c3nnc4ccccn34)C2)c1. The Morgan fingerprint density at radius 1 is 1.15 bits per heavy atom. The number of hydrogen-bond acceptors (Lipinski definition) is 4. The van der Waals surface area contributed by atoms with Gasteiger partial charge >= 0.3 is 0 Å². The highest BCUT2D eigenvalue weighted by Crippen LogP contribution is 2.27. The van der Waals surface area contributed by atoms with Crippen molar-refractivity contribution in [2.24, 2.45) is 0 Å². The second-order valence-corrected chi connectivity index (χ2v) is 7.02. The van der Waals surface area contributed by atoms with Gasteiger partial charge in [0, 0.05) is 50.6 Å². The zero-order valence-corrected chi connectivity index (χ0v) is 15.2. The lowest BCUT2D eigenvalue weighted by Gasteiger charge is -2.32. The molecule has 6 nitrogen and oxygen atoms in total. The van der Waals surface area contributed by atoms with Crippen LogP contribution in [0.15, 0.2) is 48.7 Å². The molecule has 0 bridgehead atoms. The summed E-state index contributed by atoms with van der Waals surface area (Å²) in [6, 6.07) is 13.7. The monoisotopic (exact) mass is 349 g/mol. The summed E-state index contributed by atoms with van der Waals surface area (Å²) < 4.78 is 2.03. The fraction of sp³-hybridized carbons (Fsp3) is 0.350. The highest BCUT2D eigenvalue weighted by Gasteiger charge is 2.28. The van der Waals surface area contributed by atoms with Crippen molar-refractivity contribution >= 4 is 17.2 Å². The van der Waals surface area contributed by atoms with Crippen molar-refractivity contribution in [3.05, 3.63) is 60.0 Å². The van der Waals surface area contributed by atoms with Crippen LogP contribution in [0.4, 0.5) is 5.69 Å². The second-order valence-electron chi connectivity index (χ2n) is 7.02. The van der Waals surface area contributed by atoms with Crippen molar-refractivity contribution < 1.29 is 4.79 Å². The second kappa shape index (κ2) is 6.78. The van der Waals surface area contributed by atoms with Crippen molar-refractivity contribution in [2.45, 2.75) is 18.8 Å².